The highest BCUT2D eigenvalue weighted by Gasteiger charge is 2.29. The van der Waals surface area contributed by atoms with Gasteiger partial charge in [-0.3, -0.25) is 0 Å². The second kappa shape index (κ2) is 5.46. The Balaban J connectivity index is 1.95. The summed E-state index contributed by atoms with van der Waals surface area (Å²) >= 11 is 0. The molecule has 106 valence electrons. The van der Waals surface area contributed by atoms with Gasteiger partial charge in [-0.25, -0.2) is 0 Å². The second-order valence-corrected chi connectivity index (χ2v) is 5.77. The summed E-state index contributed by atoms with van der Waals surface area (Å²) in [5.74, 6) is 0.329. The van der Waals surface area contributed by atoms with Crippen LogP contribution in [0.3, 0.4) is 0 Å². The van der Waals surface area contributed by atoms with Gasteiger partial charge in [0.05, 0.1) is 0 Å². The fourth-order valence-corrected chi connectivity index (χ4v) is 3.48. The van der Waals surface area contributed by atoms with Gasteiger partial charge >= 0.3 is 0 Å². The third-order valence-electron chi connectivity index (χ3n) is 4.50. The molecule has 2 aliphatic rings. The van der Waals surface area contributed by atoms with Crippen molar-refractivity contribution in [3.05, 3.63) is 96.0 Å². The smallest absolute Gasteiger partial charge is 0.0426 e. The van der Waals surface area contributed by atoms with Crippen molar-refractivity contribution in [1.82, 2.24) is 0 Å². The van der Waals surface area contributed by atoms with Gasteiger partial charge < -0.3 is 0 Å². The molecule has 0 bridgehead atoms. The molecule has 4 rings (SSSR count). The Morgan fingerprint density at radius 1 is 0.955 bits per heavy atom. The first-order valence-electron chi connectivity index (χ1n) is 7.91. The number of hydrogen-bond donors (Lipinski definition) is 0. The zero-order valence-corrected chi connectivity index (χ0v) is 12.7. The number of rotatable bonds is 2. The van der Waals surface area contributed by atoms with E-state index in [9.17, 15) is 0 Å². The highest BCUT2D eigenvalue weighted by molar-refractivity contribution is 5.97. The molecule has 2 aromatic carbocycles. The number of allylic oxidation sites excluding steroid dienone is 8. The monoisotopic (exact) mass is 282 g/mol. The van der Waals surface area contributed by atoms with Crippen molar-refractivity contribution >= 4 is 16.3 Å². The highest BCUT2D eigenvalue weighted by Crippen LogP contribution is 2.46. The average molecular weight is 282 g/mol. The average Bonchev–Trinajstić information content (AvgIpc) is 2.75. The maximum atomic E-state index is 3.63. The van der Waals surface area contributed by atoms with Gasteiger partial charge in [-0.1, -0.05) is 85.3 Å². The lowest BCUT2D eigenvalue weighted by Gasteiger charge is -2.16. The molecule has 0 saturated carbocycles. The summed E-state index contributed by atoms with van der Waals surface area (Å²) in [4.78, 5) is 0. The predicted octanol–water partition coefficient (Wildman–Crippen LogP) is 5.77. The van der Waals surface area contributed by atoms with Crippen LogP contribution >= 0.6 is 0 Å². The van der Waals surface area contributed by atoms with Gasteiger partial charge in [-0.2, -0.15) is 0 Å². The topological polar surface area (TPSA) is 0 Å². The van der Waals surface area contributed by atoms with E-state index >= 15 is 0 Å². The van der Waals surface area contributed by atoms with Gasteiger partial charge in [0.25, 0.3) is 0 Å². The molecule has 2 radical (unpaired) electrons. The molecule has 1 unspecified atom stereocenters. The summed E-state index contributed by atoms with van der Waals surface area (Å²) in [6, 6.07) is 15.3. The summed E-state index contributed by atoms with van der Waals surface area (Å²) in [5, 5.41) is 2.63. The van der Waals surface area contributed by atoms with Crippen molar-refractivity contribution in [1.29, 1.82) is 0 Å². The van der Waals surface area contributed by atoms with Crippen molar-refractivity contribution in [3.63, 3.8) is 0 Å². The Morgan fingerprint density at radius 2 is 1.82 bits per heavy atom. The molecule has 0 fully saturated rings. The highest BCUT2D eigenvalue weighted by atomic mass is 14.3. The predicted molar refractivity (Wildman–Crippen MR) is 94.3 cm³/mol. The molecule has 22 heavy (non-hydrogen) atoms. The van der Waals surface area contributed by atoms with Crippen molar-refractivity contribution in [2.24, 2.45) is 5.92 Å². The van der Waals surface area contributed by atoms with Crippen LogP contribution in [0.4, 0.5) is 0 Å². The minimum Gasteiger partial charge on any atom is -0.0729 e. The van der Waals surface area contributed by atoms with Gasteiger partial charge in [0.2, 0.25) is 0 Å². The van der Waals surface area contributed by atoms with Crippen molar-refractivity contribution in [2.75, 3.05) is 0 Å². The lowest BCUT2D eigenvalue weighted by Crippen LogP contribution is -1.99. The van der Waals surface area contributed by atoms with Crippen molar-refractivity contribution in [3.8, 4) is 0 Å². The van der Waals surface area contributed by atoms with Crippen LogP contribution in [0.5, 0.6) is 0 Å². The molecule has 0 heteroatoms. The number of fused-ring (bicyclic) bond motifs is 2. The zero-order valence-electron chi connectivity index (χ0n) is 12.7. The van der Waals surface area contributed by atoms with E-state index < -0.39 is 0 Å². The van der Waals surface area contributed by atoms with E-state index in [4.69, 9.17) is 0 Å². The van der Waals surface area contributed by atoms with Crippen LogP contribution in [0.2, 0.25) is 0 Å². The molecule has 0 heterocycles. The first-order valence-corrected chi connectivity index (χ1v) is 7.91. The first kappa shape index (κ1) is 13.3. The molecule has 0 amide bonds. The molecule has 0 nitrogen and oxygen atoms in total. The summed E-state index contributed by atoms with van der Waals surface area (Å²) < 4.78 is 0. The molecule has 0 aliphatic heterocycles. The number of hydrogen-bond acceptors (Lipinski definition) is 0. The van der Waals surface area contributed by atoms with E-state index in [0.717, 1.165) is 6.42 Å². The summed E-state index contributed by atoms with van der Waals surface area (Å²) in [6.07, 6.45) is 15.5. The normalized spacial score (nSPS) is 20.2. The summed E-state index contributed by atoms with van der Waals surface area (Å²) in [6.45, 7) is 2.22. The molecule has 1 atom stereocenters. The van der Waals surface area contributed by atoms with Gasteiger partial charge in [0.15, 0.2) is 0 Å². The molecule has 0 spiro atoms. The van der Waals surface area contributed by atoms with Gasteiger partial charge in [-0.15, -0.1) is 0 Å². The van der Waals surface area contributed by atoms with E-state index in [1.54, 1.807) is 0 Å². The van der Waals surface area contributed by atoms with E-state index in [1.165, 1.54) is 33.1 Å². The Hall–Kier alpha value is -2.34. The largest absolute Gasteiger partial charge is 0.0729 e. The molecular weight excluding hydrogens is 264 g/mol. The minimum absolute atomic E-state index is 0.329. The van der Waals surface area contributed by atoms with E-state index in [-0.39, 0.29) is 0 Å². The van der Waals surface area contributed by atoms with E-state index in [2.05, 4.69) is 86.2 Å². The van der Waals surface area contributed by atoms with E-state index in [1.807, 2.05) is 0 Å². The Kier molecular flexibility index (Phi) is 3.31. The quantitative estimate of drug-likeness (QED) is 0.656. The van der Waals surface area contributed by atoms with Crippen LogP contribution in [0.15, 0.2) is 84.0 Å². The van der Waals surface area contributed by atoms with Crippen LogP contribution in [0.1, 0.15) is 18.9 Å². The van der Waals surface area contributed by atoms with Gasteiger partial charge in [0.1, 0.15) is 0 Å². The molecule has 0 saturated heterocycles. The fourth-order valence-electron chi connectivity index (χ4n) is 3.48. The van der Waals surface area contributed by atoms with Crippen LogP contribution in [-0.4, -0.2) is 0 Å². The Bertz CT molecular complexity index is 838. The summed E-state index contributed by atoms with van der Waals surface area (Å²) in [7, 11) is 0. The van der Waals surface area contributed by atoms with Crippen molar-refractivity contribution in [2.45, 2.75) is 13.3 Å². The standard InChI is InChI=1S/C22H18/c1-2-16-15-18-10-4-3-5-13-20(18)22(16)21-14-8-11-17-9-6-7-12-19(17)21/h3-14,20H,2H2,1H3. The van der Waals surface area contributed by atoms with Gasteiger partial charge in [0, 0.05) is 12.3 Å². The van der Waals surface area contributed by atoms with Gasteiger partial charge in [-0.05, 0) is 33.9 Å². The molecule has 0 aromatic heterocycles. The maximum absolute atomic E-state index is 3.63. The van der Waals surface area contributed by atoms with Crippen molar-refractivity contribution < 1.29 is 0 Å². The van der Waals surface area contributed by atoms with Crippen LogP contribution in [0, 0.1) is 12.3 Å². The zero-order chi connectivity index (χ0) is 14.9. The fraction of sp³-hybridized carbons (Fsp3) is 0.136. The Morgan fingerprint density at radius 3 is 2.73 bits per heavy atom. The molecule has 0 N–H and O–H groups in total. The molecule has 2 aromatic rings. The lowest BCUT2D eigenvalue weighted by molar-refractivity contribution is 1.05. The van der Waals surface area contributed by atoms with Crippen LogP contribution in [0.25, 0.3) is 16.3 Å². The van der Waals surface area contributed by atoms with Crippen LogP contribution in [-0.2, 0) is 0 Å². The van der Waals surface area contributed by atoms with E-state index in [0.29, 0.717) is 5.92 Å². The maximum Gasteiger partial charge on any atom is 0.0426 e. The summed E-state index contributed by atoms with van der Waals surface area (Å²) in [5.41, 5.74) is 5.39. The van der Waals surface area contributed by atoms with Crippen LogP contribution < -0.4 is 0 Å². The minimum atomic E-state index is 0.329. The Labute approximate surface area is 132 Å². The lowest BCUT2D eigenvalue weighted by atomic mass is 9.88. The number of benzene rings is 2. The third kappa shape index (κ3) is 2.07. The SMILES string of the molecule is CCC1=C(c2cccc3ccccc23)C2C=CC=CC=C2[C]1. The molecule has 2 aliphatic carbocycles. The first-order chi connectivity index (χ1) is 10.9. The molecular formula is C22H18. The third-order valence-corrected chi connectivity index (χ3v) is 4.50. The second-order valence-electron chi connectivity index (χ2n) is 5.77.